The van der Waals surface area contributed by atoms with E-state index in [2.05, 4.69) is 15.6 Å². The van der Waals surface area contributed by atoms with E-state index in [4.69, 9.17) is 9.47 Å². The molecule has 7 nitrogen and oxygen atoms in total. The minimum absolute atomic E-state index is 0.231. The number of nitrogens with zero attached hydrogens (tertiary/aromatic N) is 3. The summed E-state index contributed by atoms with van der Waals surface area (Å²) < 4.78 is 12.1. The number of anilines is 1. The Bertz CT molecular complexity index is 888. The van der Waals surface area contributed by atoms with Gasteiger partial charge in [-0.3, -0.25) is 4.79 Å². The maximum Gasteiger partial charge on any atom is 0.255 e. The van der Waals surface area contributed by atoms with Crippen LogP contribution in [0.3, 0.4) is 0 Å². The van der Waals surface area contributed by atoms with Gasteiger partial charge in [0.1, 0.15) is 11.5 Å². The van der Waals surface area contributed by atoms with Crippen molar-refractivity contribution in [3.8, 4) is 17.2 Å². The molecule has 0 atom stereocenters. The Labute approximate surface area is 145 Å². The molecule has 1 aromatic heterocycles. The van der Waals surface area contributed by atoms with Gasteiger partial charge in [-0.05, 0) is 43.3 Å². The largest absolute Gasteiger partial charge is 0.497 e. The van der Waals surface area contributed by atoms with E-state index in [9.17, 15) is 4.79 Å². The quantitative estimate of drug-likeness (QED) is 0.774. The number of amides is 1. The van der Waals surface area contributed by atoms with Gasteiger partial charge in [0.05, 0.1) is 37.5 Å². The third-order valence-corrected chi connectivity index (χ3v) is 3.75. The summed E-state index contributed by atoms with van der Waals surface area (Å²) in [5.41, 5.74) is 2.86. The number of benzene rings is 2. The van der Waals surface area contributed by atoms with E-state index in [0.717, 1.165) is 11.4 Å². The Hall–Kier alpha value is -3.35. The maximum absolute atomic E-state index is 12.5. The molecule has 1 heterocycles. The van der Waals surface area contributed by atoms with E-state index < -0.39 is 0 Å². The third kappa shape index (κ3) is 3.45. The number of aromatic nitrogens is 3. The third-order valence-electron chi connectivity index (χ3n) is 3.75. The molecule has 3 rings (SSSR count). The minimum Gasteiger partial charge on any atom is -0.497 e. The smallest absolute Gasteiger partial charge is 0.255 e. The van der Waals surface area contributed by atoms with Crippen molar-refractivity contribution in [3.63, 3.8) is 0 Å². The second-order valence-corrected chi connectivity index (χ2v) is 5.35. The van der Waals surface area contributed by atoms with Crippen LogP contribution in [-0.4, -0.2) is 35.1 Å². The van der Waals surface area contributed by atoms with Crippen LogP contribution in [0.25, 0.3) is 5.69 Å². The zero-order valence-electron chi connectivity index (χ0n) is 14.2. The molecule has 0 aliphatic carbocycles. The minimum atomic E-state index is -0.231. The molecule has 0 radical (unpaired) electrons. The summed E-state index contributed by atoms with van der Waals surface area (Å²) in [5, 5.41) is 10.7. The number of carbonyl (C=O) groups excluding carboxylic acids is 1. The van der Waals surface area contributed by atoms with Crippen LogP contribution in [0, 0.1) is 6.92 Å². The molecule has 3 aromatic rings. The van der Waals surface area contributed by atoms with Crippen LogP contribution in [0.1, 0.15) is 16.1 Å². The molecule has 128 valence electrons. The molecule has 7 heteroatoms. The van der Waals surface area contributed by atoms with Crippen LogP contribution >= 0.6 is 0 Å². The first-order chi connectivity index (χ1) is 12.1. The fourth-order valence-corrected chi connectivity index (χ4v) is 2.39. The van der Waals surface area contributed by atoms with Crippen LogP contribution in [0.4, 0.5) is 5.69 Å². The van der Waals surface area contributed by atoms with E-state index in [0.29, 0.717) is 22.7 Å². The molecule has 1 N–H and O–H groups in total. The van der Waals surface area contributed by atoms with Gasteiger partial charge in [-0.2, -0.15) is 0 Å². The van der Waals surface area contributed by atoms with E-state index in [1.807, 2.05) is 19.1 Å². The number of ether oxygens (including phenoxy) is 2. The van der Waals surface area contributed by atoms with Crippen LogP contribution in [0.2, 0.25) is 0 Å². The van der Waals surface area contributed by atoms with Gasteiger partial charge in [-0.15, -0.1) is 5.10 Å². The van der Waals surface area contributed by atoms with Gasteiger partial charge in [-0.1, -0.05) is 5.21 Å². The maximum atomic E-state index is 12.5. The van der Waals surface area contributed by atoms with E-state index in [1.54, 1.807) is 55.4 Å². The molecular weight excluding hydrogens is 320 g/mol. The van der Waals surface area contributed by atoms with Gasteiger partial charge < -0.3 is 14.8 Å². The number of aryl methyl sites for hydroxylation is 1. The molecule has 0 spiro atoms. The van der Waals surface area contributed by atoms with Crippen LogP contribution in [0.15, 0.2) is 48.7 Å². The highest BCUT2D eigenvalue weighted by Crippen LogP contribution is 2.29. The Morgan fingerprint density at radius 2 is 1.84 bits per heavy atom. The van der Waals surface area contributed by atoms with E-state index in [1.165, 1.54) is 0 Å². The predicted molar refractivity (Wildman–Crippen MR) is 93.6 cm³/mol. The van der Waals surface area contributed by atoms with Gasteiger partial charge in [0.2, 0.25) is 0 Å². The standard InChI is InChI=1S/C18H18N4O3/c1-12-11-19-21-22(12)14-6-4-13(5-7-14)18(23)20-16-9-8-15(24-2)10-17(16)25-3/h4-11H,1-3H3,(H,20,23). The summed E-state index contributed by atoms with van der Waals surface area (Å²) in [4.78, 5) is 12.5. The average molecular weight is 338 g/mol. The normalized spacial score (nSPS) is 10.4. The number of nitrogens with one attached hydrogen (secondary N) is 1. The topological polar surface area (TPSA) is 78.3 Å². The summed E-state index contributed by atoms with van der Waals surface area (Å²) in [6.07, 6.45) is 1.68. The molecule has 0 bridgehead atoms. The number of carbonyl (C=O) groups is 1. The monoisotopic (exact) mass is 338 g/mol. The van der Waals surface area contributed by atoms with Crippen molar-refractivity contribution in [2.75, 3.05) is 19.5 Å². The molecule has 0 aliphatic heterocycles. The van der Waals surface area contributed by atoms with Crippen molar-refractivity contribution >= 4 is 11.6 Å². The molecule has 2 aromatic carbocycles. The summed E-state index contributed by atoms with van der Waals surface area (Å²) in [6.45, 7) is 1.91. The Morgan fingerprint density at radius 3 is 2.44 bits per heavy atom. The van der Waals surface area contributed by atoms with Crippen molar-refractivity contribution in [3.05, 3.63) is 59.9 Å². The van der Waals surface area contributed by atoms with E-state index >= 15 is 0 Å². The Kier molecular flexibility index (Phi) is 4.65. The summed E-state index contributed by atoms with van der Waals surface area (Å²) in [5.74, 6) is 0.954. The Balaban J connectivity index is 1.79. The second kappa shape index (κ2) is 7.04. The molecular formula is C18H18N4O3. The van der Waals surface area contributed by atoms with Crippen molar-refractivity contribution in [2.24, 2.45) is 0 Å². The van der Waals surface area contributed by atoms with Gasteiger partial charge in [-0.25, -0.2) is 4.68 Å². The van der Waals surface area contributed by atoms with Gasteiger partial charge in [0.15, 0.2) is 0 Å². The van der Waals surface area contributed by atoms with Crippen molar-refractivity contribution in [2.45, 2.75) is 6.92 Å². The number of methoxy groups -OCH3 is 2. The first kappa shape index (κ1) is 16.5. The molecule has 25 heavy (non-hydrogen) atoms. The van der Waals surface area contributed by atoms with Gasteiger partial charge in [0.25, 0.3) is 5.91 Å². The van der Waals surface area contributed by atoms with Crippen LogP contribution in [0.5, 0.6) is 11.5 Å². The molecule has 1 amide bonds. The summed E-state index contributed by atoms with van der Waals surface area (Å²) in [7, 11) is 3.12. The fraction of sp³-hybridized carbons (Fsp3) is 0.167. The van der Waals surface area contributed by atoms with Crippen molar-refractivity contribution in [1.82, 2.24) is 15.0 Å². The Morgan fingerprint density at radius 1 is 1.08 bits per heavy atom. The lowest BCUT2D eigenvalue weighted by Gasteiger charge is -2.12. The van der Waals surface area contributed by atoms with Crippen LogP contribution < -0.4 is 14.8 Å². The van der Waals surface area contributed by atoms with Gasteiger partial charge in [0, 0.05) is 11.6 Å². The number of hydrogen-bond acceptors (Lipinski definition) is 5. The summed E-state index contributed by atoms with van der Waals surface area (Å²) in [6, 6.07) is 12.3. The molecule has 0 fully saturated rings. The SMILES string of the molecule is COc1ccc(NC(=O)c2ccc(-n3nncc3C)cc2)c(OC)c1. The molecule has 0 aliphatic rings. The summed E-state index contributed by atoms with van der Waals surface area (Å²) >= 11 is 0. The van der Waals surface area contributed by atoms with Crippen molar-refractivity contribution in [1.29, 1.82) is 0 Å². The highest BCUT2D eigenvalue weighted by Gasteiger charge is 2.11. The lowest BCUT2D eigenvalue weighted by Crippen LogP contribution is -2.13. The highest BCUT2D eigenvalue weighted by atomic mass is 16.5. The molecule has 0 unspecified atom stereocenters. The zero-order valence-corrected chi connectivity index (χ0v) is 14.2. The number of hydrogen-bond donors (Lipinski definition) is 1. The average Bonchev–Trinajstić information content (AvgIpc) is 3.08. The van der Waals surface area contributed by atoms with Crippen molar-refractivity contribution < 1.29 is 14.3 Å². The second-order valence-electron chi connectivity index (χ2n) is 5.35. The first-order valence-corrected chi connectivity index (χ1v) is 7.63. The van der Waals surface area contributed by atoms with Gasteiger partial charge >= 0.3 is 0 Å². The molecule has 0 saturated heterocycles. The number of rotatable bonds is 5. The first-order valence-electron chi connectivity index (χ1n) is 7.63. The van der Waals surface area contributed by atoms with E-state index in [-0.39, 0.29) is 5.91 Å². The zero-order chi connectivity index (χ0) is 17.8. The highest BCUT2D eigenvalue weighted by molar-refractivity contribution is 6.05. The lowest BCUT2D eigenvalue weighted by atomic mass is 10.2. The predicted octanol–water partition coefficient (Wildman–Crippen LogP) is 2.85. The fourth-order valence-electron chi connectivity index (χ4n) is 2.39. The van der Waals surface area contributed by atoms with Crippen LogP contribution in [-0.2, 0) is 0 Å². The molecule has 0 saturated carbocycles. The lowest BCUT2D eigenvalue weighted by molar-refractivity contribution is 0.102.